The van der Waals surface area contributed by atoms with Crippen LogP contribution in [0, 0.1) is 0 Å². The lowest BCUT2D eigenvalue weighted by Gasteiger charge is -2.28. The standard InChI is InChI=1S/C20H30N4O3S/c1-23-7-5-22-20(23)28-12-6-21-14-17-3-2-4-19(13-17)27-16-18(25)15-24-8-10-26-11-9-24/h2-5,7,13,18,21,25H,6,8-12,14-16H2,1H3. The zero-order chi connectivity index (χ0) is 19.6. The van der Waals surface area contributed by atoms with E-state index < -0.39 is 6.10 Å². The van der Waals surface area contributed by atoms with Crippen molar-refractivity contribution in [1.29, 1.82) is 0 Å². The van der Waals surface area contributed by atoms with E-state index in [0.717, 1.165) is 56.1 Å². The number of hydrogen-bond donors (Lipinski definition) is 2. The van der Waals surface area contributed by atoms with Crippen molar-refractivity contribution >= 4 is 11.8 Å². The van der Waals surface area contributed by atoms with E-state index in [9.17, 15) is 5.11 Å². The van der Waals surface area contributed by atoms with Crippen molar-refractivity contribution in [3.63, 3.8) is 0 Å². The Kier molecular flexibility index (Phi) is 8.63. The van der Waals surface area contributed by atoms with Crippen molar-refractivity contribution in [1.82, 2.24) is 19.8 Å². The van der Waals surface area contributed by atoms with Crippen molar-refractivity contribution in [3.05, 3.63) is 42.2 Å². The van der Waals surface area contributed by atoms with E-state index in [1.54, 1.807) is 11.8 Å². The van der Waals surface area contributed by atoms with E-state index in [4.69, 9.17) is 9.47 Å². The molecule has 7 nitrogen and oxygen atoms in total. The van der Waals surface area contributed by atoms with Crippen LogP contribution in [0.4, 0.5) is 0 Å². The van der Waals surface area contributed by atoms with Gasteiger partial charge in [0.1, 0.15) is 18.5 Å². The molecule has 1 aromatic carbocycles. The van der Waals surface area contributed by atoms with Crippen molar-refractivity contribution in [2.24, 2.45) is 7.05 Å². The van der Waals surface area contributed by atoms with Crippen LogP contribution < -0.4 is 10.1 Å². The van der Waals surface area contributed by atoms with E-state index in [1.807, 2.05) is 42.2 Å². The summed E-state index contributed by atoms with van der Waals surface area (Å²) < 4.78 is 13.1. The Labute approximate surface area is 171 Å². The monoisotopic (exact) mass is 406 g/mol. The lowest BCUT2D eigenvalue weighted by Crippen LogP contribution is -2.42. The summed E-state index contributed by atoms with van der Waals surface area (Å²) in [6.07, 6.45) is 3.28. The third-order valence-corrected chi connectivity index (χ3v) is 5.59. The van der Waals surface area contributed by atoms with Gasteiger partial charge in [-0.15, -0.1) is 0 Å². The molecule has 0 bridgehead atoms. The van der Waals surface area contributed by atoms with Crippen LogP contribution in [-0.4, -0.2) is 77.4 Å². The van der Waals surface area contributed by atoms with Crippen molar-refractivity contribution in [3.8, 4) is 5.75 Å². The predicted octanol–water partition coefficient (Wildman–Crippen LogP) is 1.37. The number of hydrogen-bond acceptors (Lipinski definition) is 7. The summed E-state index contributed by atoms with van der Waals surface area (Å²) in [5.74, 6) is 1.76. The first kappa shape index (κ1) is 21.1. The molecule has 0 saturated carbocycles. The minimum absolute atomic E-state index is 0.300. The molecule has 1 aliphatic heterocycles. The molecule has 0 aliphatic carbocycles. The van der Waals surface area contributed by atoms with E-state index in [0.29, 0.717) is 13.2 Å². The van der Waals surface area contributed by atoms with Gasteiger partial charge in [-0.25, -0.2) is 4.98 Å². The molecule has 2 aromatic rings. The fourth-order valence-corrected chi connectivity index (χ4v) is 3.84. The third-order valence-electron chi connectivity index (χ3n) is 4.53. The number of nitrogens with one attached hydrogen (secondary N) is 1. The third kappa shape index (κ3) is 7.10. The molecule has 3 rings (SSSR count). The van der Waals surface area contributed by atoms with E-state index in [2.05, 4.69) is 21.3 Å². The number of nitrogens with zero attached hydrogens (tertiary/aromatic N) is 3. The molecule has 1 aliphatic rings. The summed E-state index contributed by atoms with van der Waals surface area (Å²) in [5.41, 5.74) is 1.17. The van der Waals surface area contributed by atoms with Crippen LogP contribution >= 0.6 is 11.8 Å². The molecular weight excluding hydrogens is 376 g/mol. The maximum atomic E-state index is 10.2. The lowest BCUT2D eigenvalue weighted by atomic mass is 10.2. The van der Waals surface area contributed by atoms with Gasteiger partial charge in [0, 0.05) is 57.9 Å². The van der Waals surface area contributed by atoms with Crippen LogP contribution in [0.2, 0.25) is 0 Å². The highest BCUT2D eigenvalue weighted by Crippen LogP contribution is 2.15. The molecule has 1 aromatic heterocycles. The number of rotatable bonds is 11. The minimum Gasteiger partial charge on any atom is -0.491 e. The van der Waals surface area contributed by atoms with Gasteiger partial charge in [-0.05, 0) is 17.7 Å². The van der Waals surface area contributed by atoms with E-state index >= 15 is 0 Å². The molecule has 1 fully saturated rings. The van der Waals surface area contributed by atoms with Crippen LogP contribution in [-0.2, 0) is 18.3 Å². The highest BCUT2D eigenvalue weighted by molar-refractivity contribution is 7.99. The number of aryl methyl sites for hydroxylation is 1. The summed E-state index contributed by atoms with van der Waals surface area (Å²) in [7, 11) is 2.01. The largest absolute Gasteiger partial charge is 0.491 e. The average molecular weight is 407 g/mol. The molecule has 1 atom stereocenters. The van der Waals surface area contributed by atoms with Gasteiger partial charge in [0.2, 0.25) is 0 Å². The second kappa shape index (κ2) is 11.4. The van der Waals surface area contributed by atoms with Crippen LogP contribution in [0.3, 0.4) is 0 Å². The molecule has 2 heterocycles. The van der Waals surface area contributed by atoms with Gasteiger partial charge in [0.15, 0.2) is 5.16 Å². The smallest absolute Gasteiger partial charge is 0.167 e. The summed E-state index contributed by atoms with van der Waals surface area (Å²) in [4.78, 5) is 6.52. The first-order valence-corrected chi connectivity index (χ1v) is 10.7. The molecular formula is C20H30N4O3S. The fraction of sp³-hybridized carbons (Fsp3) is 0.550. The molecule has 0 amide bonds. The Bertz CT molecular complexity index is 706. The maximum Gasteiger partial charge on any atom is 0.167 e. The molecule has 0 radical (unpaired) electrons. The second-order valence-electron chi connectivity index (χ2n) is 6.87. The Balaban J connectivity index is 1.33. The zero-order valence-electron chi connectivity index (χ0n) is 16.4. The van der Waals surface area contributed by atoms with Crippen molar-refractivity contribution in [2.75, 3.05) is 51.8 Å². The van der Waals surface area contributed by atoms with Crippen molar-refractivity contribution < 1.29 is 14.6 Å². The average Bonchev–Trinajstić information content (AvgIpc) is 3.12. The Hall–Kier alpha value is -1.58. The van der Waals surface area contributed by atoms with E-state index in [-0.39, 0.29) is 0 Å². The first-order chi connectivity index (χ1) is 13.7. The highest BCUT2D eigenvalue weighted by Gasteiger charge is 2.15. The Morgan fingerprint density at radius 1 is 1.36 bits per heavy atom. The van der Waals surface area contributed by atoms with Crippen molar-refractivity contribution in [2.45, 2.75) is 17.8 Å². The number of thioether (sulfide) groups is 1. The Morgan fingerprint density at radius 3 is 3.00 bits per heavy atom. The first-order valence-electron chi connectivity index (χ1n) is 9.71. The molecule has 154 valence electrons. The summed E-state index contributed by atoms with van der Waals surface area (Å²) >= 11 is 1.74. The molecule has 1 unspecified atom stereocenters. The SMILES string of the molecule is Cn1ccnc1SCCNCc1cccc(OCC(O)CN2CCOCC2)c1. The lowest BCUT2D eigenvalue weighted by molar-refractivity contribution is 0.00465. The molecule has 0 spiro atoms. The number of imidazole rings is 1. The number of benzene rings is 1. The van der Waals surface area contributed by atoms with Gasteiger partial charge in [-0.2, -0.15) is 0 Å². The van der Waals surface area contributed by atoms with Gasteiger partial charge < -0.3 is 24.5 Å². The number of aliphatic hydroxyl groups excluding tert-OH is 1. The quantitative estimate of drug-likeness (QED) is 0.431. The van der Waals surface area contributed by atoms with Crippen LogP contribution in [0.15, 0.2) is 41.8 Å². The predicted molar refractivity (Wildman–Crippen MR) is 111 cm³/mol. The zero-order valence-corrected chi connectivity index (χ0v) is 17.2. The number of aromatic nitrogens is 2. The van der Waals surface area contributed by atoms with Crippen LogP contribution in [0.5, 0.6) is 5.75 Å². The summed E-state index contributed by atoms with van der Waals surface area (Å²) in [6, 6.07) is 8.03. The number of ether oxygens (including phenoxy) is 2. The van der Waals surface area contributed by atoms with Crippen LogP contribution in [0.1, 0.15) is 5.56 Å². The highest BCUT2D eigenvalue weighted by atomic mass is 32.2. The molecule has 8 heteroatoms. The van der Waals surface area contributed by atoms with E-state index in [1.165, 1.54) is 5.56 Å². The number of morpholine rings is 1. The van der Waals surface area contributed by atoms with Gasteiger partial charge in [-0.1, -0.05) is 23.9 Å². The molecule has 2 N–H and O–H groups in total. The minimum atomic E-state index is -0.497. The molecule has 1 saturated heterocycles. The number of aliphatic hydroxyl groups is 1. The van der Waals surface area contributed by atoms with Gasteiger partial charge in [0.25, 0.3) is 0 Å². The maximum absolute atomic E-state index is 10.2. The second-order valence-corrected chi connectivity index (χ2v) is 7.93. The topological polar surface area (TPSA) is 71.8 Å². The fourth-order valence-electron chi connectivity index (χ4n) is 3.01. The number of β-amino-alcohol motifs (C(OH)–C–C–N with tert-alkyl or cyclic N) is 1. The Morgan fingerprint density at radius 2 is 2.21 bits per heavy atom. The summed E-state index contributed by atoms with van der Waals surface area (Å²) in [6.45, 7) is 5.83. The van der Waals surface area contributed by atoms with Crippen LogP contribution in [0.25, 0.3) is 0 Å². The normalized spacial score (nSPS) is 16.2. The molecule has 28 heavy (non-hydrogen) atoms. The van der Waals surface area contributed by atoms with Gasteiger partial charge in [-0.3, -0.25) is 4.90 Å². The van der Waals surface area contributed by atoms with Gasteiger partial charge in [0.05, 0.1) is 13.2 Å². The summed E-state index contributed by atoms with van der Waals surface area (Å²) in [5, 5.41) is 14.7. The van der Waals surface area contributed by atoms with Gasteiger partial charge >= 0.3 is 0 Å².